The fourth-order valence-corrected chi connectivity index (χ4v) is 2.84. The van der Waals surface area contributed by atoms with Crippen LogP contribution >= 0.6 is 0 Å². The predicted octanol–water partition coefficient (Wildman–Crippen LogP) is 3.28. The Morgan fingerprint density at radius 3 is 2.48 bits per heavy atom. The lowest BCUT2D eigenvalue weighted by molar-refractivity contribution is -0.222. The van der Waals surface area contributed by atoms with E-state index < -0.39 is 23.5 Å². The first-order valence-corrected chi connectivity index (χ1v) is 8.24. The lowest BCUT2D eigenvalue weighted by atomic mass is 10.2. The number of anilines is 1. The zero-order chi connectivity index (χ0) is 18.0. The topological polar surface area (TPSA) is 73.9 Å². The summed E-state index contributed by atoms with van der Waals surface area (Å²) in [5, 5.41) is 2.76. The number of hydrogen-bond donors (Lipinski definition) is 1. The average Bonchev–Trinajstić information content (AvgIpc) is 3.01. The van der Waals surface area contributed by atoms with Gasteiger partial charge in [-0.05, 0) is 37.8 Å². The van der Waals surface area contributed by atoms with Crippen molar-refractivity contribution in [3.63, 3.8) is 0 Å². The highest BCUT2D eigenvalue weighted by molar-refractivity contribution is 6.15. The number of carbonyl (C=O) groups excluding carboxylic acids is 2. The maximum absolute atomic E-state index is 14.2. The minimum Gasteiger partial charge on any atom is -0.485 e. The maximum atomic E-state index is 14.2. The molecule has 0 amide bonds. The maximum Gasteiger partial charge on any atom is 0.350 e. The first-order chi connectivity index (χ1) is 11.9. The highest BCUT2D eigenvalue weighted by Gasteiger charge is 2.39. The van der Waals surface area contributed by atoms with Gasteiger partial charge in [0, 0.05) is 20.0 Å². The van der Waals surface area contributed by atoms with Gasteiger partial charge in [0.25, 0.3) is 5.79 Å². The quantitative estimate of drug-likeness (QED) is 0.511. The molecule has 134 valence electrons. The van der Waals surface area contributed by atoms with E-state index in [9.17, 15) is 14.0 Å². The van der Waals surface area contributed by atoms with Crippen molar-refractivity contribution >= 4 is 17.6 Å². The number of nitrogens with one attached hydrogen (secondary N) is 1. The van der Waals surface area contributed by atoms with Gasteiger partial charge in [-0.3, -0.25) is 0 Å². The summed E-state index contributed by atoms with van der Waals surface area (Å²) >= 11 is 0. The molecule has 0 unspecified atom stereocenters. The Labute approximate surface area is 144 Å². The van der Waals surface area contributed by atoms with Gasteiger partial charge in [-0.1, -0.05) is 6.07 Å². The number of ether oxygens (including phenoxy) is 3. The van der Waals surface area contributed by atoms with Crippen LogP contribution in [0.3, 0.4) is 0 Å². The second kappa shape index (κ2) is 6.74. The van der Waals surface area contributed by atoms with Gasteiger partial charge >= 0.3 is 11.9 Å². The third-order valence-electron chi connectivity index (χ3n) is 4.04. The van der Waals surface area contributed by atoms with Crippen LogP contribution in [0.4, 0.5) is 10.1 Å². The summed E-state index contributed by atoms with van der Waals surface area (Å²) in [6.45, 7) is 2.93. The summed E-state index contributed by atoms with van der Waals surface area (Å²) in [7, 11) is 0. The van der Waals surface area contributed by atoms with E-state index in [1.807, 2.05) is 0 Å². The first kappa shape index (κ1) is 17.3. The molecule has 0 radical (unpaired) electrons. The molecule has 6 nitrogen and oxygen atoms in total. The number of cyclic esters (lactones) is 2. The molecule has 1 aromatic rings. The molecule has 7 heteroatoms. The molecular formula is C18H20FNO5. The number of benzene rings is 1. The molecule has 3 rings (SSSR count). The highest BCUT2D eigenvalue weighted by atomic mass is 19.1. The Morgan fingerprint density at radius 1 is 1.20 bits per heavy atom. The Hall–Kier alpha value is -2.57. The molecule has 2 fully saturated rings. The number of para-hydroxylation sites is 1. The van der Waals surface area contributed by atoms with Crippen molar-refractivity contribution in [2.45, 2.75) is 51.4 Å². The molecule has 1 heterocycles. The summed E-state index contributed by atoms with van der Waals surface area (Å²) < 4.78 is 29.9. The van der Waals surface area contributed by atoms with Gasteiger partial charge < -0.3 is 19.5 Å². The van der Waals surface area contributed by atoms with Gasteiger partial charge in [0.15, 0.2) is 17.1 Å². The van der Waals surface area contributed by atoms with Crippen molar-refractivity contribution < 1.29 is 28.2 Å². The lowest BCUT2D eigenvalue weighted by Gasteiger charge is -2.29. The van der Waals surface area contributed by atoms with Crippen LogP contribution in [0.25, 0.3) is 0 Å². The zero-order valence-electron chi connectivity index (χ0n) is 14.1. The van der Waals surface area contributed by atoms with E-state index in [0.29, 0.717) is 5.69 Å². The van der Waals surface area contributed by atoms with Crippen LogP contribution in [-0.4, -0.2) is 23.8 Å². The predicted molar refractivity (Wildman–Crippen MR) is 87.3 cm³/mol. The van der Waals surface area contributed by atoms with Crippen molar-refractivity contribution in [2.24, 2.45) is 0 Å². The standard InChI is InChI=1S/C18H20FNO5/c1-18(2)24-16(21)12(17(22)25-18)10-20-14-9-5-8-13(19)15(14)23-11-6-3-4-7-11/h5,8-11,20H,3-4,6-7H2,1-2H3. The normalized spacial score (nSPS) is 20.0. The second-order valence-corrected chi connectivity index (χ2v) is 6.52. The Morgan fingerprint density at radius 2 is 1.84 bits per heavy atom. The van der Waals surface area contributed by atoms with Crippen LogP contribution in [-0.2, 0) is 19.1 Å². The van der Waals surface area contributed by atoms with Gasteiger partial charge in [-0.15, -0.1) is 0 Å². The van der Waals surface area contributed by atoms with E-state index in [0.717, 1.165) is 31.9 Å². The van der Waals surface area contributed by atoms with E-state index in [4.69, 9.17) is 14.2 Å². The number of carbonyl (C=O) groups is 2. The zero-order valence-corrected chi connectivity index (χ0v) is 14.1. The molecule has 0 aromatic heterocycles. The third kappa shape index (κ3) is 3.92. The molecular weight excluding hydrogens is 329 g/mol. The summed E-state index contributed by atoms with van der Waals surface area (Å²) in [6.07, 6.45) is 4.98. The molecule has 1 N–H and O–H groups in total. The van der Waals surface area contributed by atoms with Crippen LogP contribution in [0.2, 0.25) is 0 Å². The summed E-state index contributed by atoms with van der Waals surface area (Å²) in [5.74, 6) is -3.35. The molecule has 0 bridgehead atoms. The van der Waals surface area contributed by atoms with Crippen LogP contribution in [0.15, 0.2) is 30.0 Å². The monoisotopic (exact) mass is 349 g/mol. The summed E-state index contributed by atoms with van der Waals surface area (Å²) in [6, 6.07) is 4.42. The van der Waals surface area contributed by atoms with Crippen LogP contribution < -0.4 is 10.1 Å². The van der Waals surface area contributed by atoms with Crippen molar-refractivity contribution in [1.82, 2.24) is 0 Å². The molecule has 1 saturated heterocycles. The van der Waals surface area contributed by atoms with E-state index >= 15 is 0 Å². The largest absolute Gasteiger partial charge is 0.485 e. The van der Waals surface area contributed by atoms with E-state index in [1.165, 1.54) is 26.0 Å². The fraction of sp³-hybridized carbons (Fsp3) is 0.444. The number of hydrogen-bond acceptors (Lipinski definition) is 6. The van der Waals surface area contributed by atoms with Crippen molar-refractivity contribution in [1.29, 1.82) is 0 Å². The van der Waals surface area contributed by atoms with Gasteiger partial charge in [0.2, 0.25) is 0 Å². The molecule has 1 aliphatic heterocycles. The Kier molecular flexibility index (Phi) is 4.65. The van der Waals surface area contributed by atoms with Crippen molar-refractivity contribution in [3.05, 3.63) is 35.8 Å². The minimum absolute atomic E-state index is 0.0319. The van der Waals surface area contributed by atoms with Gasteiger partial charge in [0.05, 0.1) is 11.8 Å². The summed E-state index contributed by atoms with van der Waals surface area (Å²) in [4.78, 5) is 23.9. The van der Waals surface area contributed by atoms with Gasteiger partial charge in [0.1, 0.15) is 0 Å². The van der Waals surface area contributed by atoms with E-state index in [1.54, 1.807) is 6.07 Å². The molecule has 0 atom stereocenters. The van der Waals surface area contributed by atoms with Gasteiger partial charge in [-0.25, -0.2) is 14.0 Å². The van der Waals surface area contributed by atoms with Crippen LogP contribution in [0, 0.1) is 5.82 Å². The lowest BCUT2D eigenvalue weighted by Crippen LogP contribution is -2.42. The summed E-state index contributed by atoms with van der Waals surface area (Å²) in [5.41, 5.74) is 0.0280. The molecule has 2 aliphatic rings. The first-order valence-electron chi connectivity index (χ1n) is 8.24. The van der Waals surface area contributed by atoms with Gasteiger partial charge in [-0.2, -0.15) is 0 Å². The second-order valence-electron chi connectivity index (χ2n) is 6.52. The number of rotatable bonds is 4. The average molecular weight is 349 g/mol. The number of halogens is 1. The Balaban J connectivity index is 1.80. The molecule has 1 saturated carbocycles. The molecule has 1 aromatic carbocycles. The van der Waals surface area contributed by atoms with Crippen LogP contribution in [0.5, 0.6) is 5.75 Å². The third-order valence-corrected chi connectivity index (χ3v) is 4.04. The Bertz CT molecular complexity index is 700. The van der Waals surface area contributed by atoms with Crippen molar-refractivity contribution in [3.8, 4) is 5.75 Å². The number of esters is 2. The smallest absolute Gasteiger partial charge is 0.350 e. The van der Waals surface area contributed by atoms with Crippen LogP contribution in [0.1, 0.15) is 39.5 Å². The fourth-order valence-electron chi connectivity index (χ4n) is 2.84. The molecule has 1 aliphatic carbocycles. The van der Waals surface area contributed by atoms with Crippen molar-refractivity contribution in [2.75, 3.05) is 5.32 Å². The molecule has 0 spiro atoms. The van der Waals surface area contributed by atoms with E-state index in [2.05, 4.69) is 5.32 Å². The molecule has 25 heavy (non-hydrogen) atoms. The minimum atomic E-state index is -1.30. The van der Waals surface area contributed by atoms with E-state index in [-0.39, 0.29) is 17.4 Å². The highest BCUT2D eigenvalue weighted by Crippen LogP contribution is 2.33. The SMILES string of the molecule is CC1(C)OC(=O)C(=CNc2cccc(F)c2OC2CCCC2)C(=O)O1.